The Balaban J connectivity index is 0.00000289. The van der Waals surface area contributed by atoms with Gasteiger partial charge >= 0.3 is 0 Å². The lowest BCUT2D eigenvalue weighted by Crippen LogP contribution is -2.37. The average Bonchev–Trinajstić information content (AvgIpc) is 3.35. The summed E-state index contributed by atoms with van der Waals surface area (Å²) in [5.41, 5.74) is 6.60. The molecule has 4 aromatic rings. The maximum Gasteiger partial charge on any atom is 0.191 e. The number of aliphatic imine (C=N–C) groups is 1. The first-order chi connectivity index (χ1) is 15.2. The molecule has 2 N–H and O–H groups in total. The summed E-state index contributed by atoms with van der Waals surface area (Å²) >= 11 is 0. The van der Waals surface area contributed by atoms with Gasteiger partial charge in [-0.15, -0.1) is 24.0 Å². The lowest BCUT2D eigenvalue weighted by molar-refractivity contribution is 0.637. The molecule has 2 aromatic heterocycles. The molecule has 0 aliphatic rings. The number of nitrogens with zero attached hydrogens (tertiary/aromatic N) is 5. The standard InChI is InChI=1S/C24H29N7.HI/c1-18-15-19(2)31(29-18)22-11-6-4-9-20(22)16-27-24(25-3)26-13-8-14-30-17-28-21-10-5-7-12-23(21)30;/h4-7,9-12,15,17H,8,13-14,16H2,1-3H3,(H2,25,26,27);1H. The predicted molar refractivity (Wildman–Crippen MR) is 141 cm³/mol. The Labute approximate surface area is 206 Å². The van der Waals surface area contributed by atoms with Crippen molar-refractivity contribution in [3.8, 4) is 5.69 Å². The molecule has 2 aromatic carbocycles. The molecule has 0 amide bonds. The van der Waals surface area contributed by atoms with Gasteiger partial charge in [0.05, 0.1) is 28.7 Å². The second-order valence-electron chi connectivity index (χ2n) is 7.60. The molecule has 0 aliphatic heterocycles. The van der Waals surface area contributed by atoms with Gasteiger partial charge in [0.25, 0.3) is 0 Å². The van der Waals surface area contributed by atoms with Crippen LogP contribution < -0.4 is 10.6 Å². The number of fused-ring (bicyclic) bond motifs is 1. The lowest BCUT2D eigenvalue weighted by atomic mass is 10.1. The first-order valence-electron chi connectivity index (χ1n) is 10.6. The summed E-state index contributed by atoms with van der Waals surface area (Å²) in [5.74, 6) is 0.790. The molecule has 0 unspecified atom stereocenters. The fourth-order valence-electron chi connectivity index (χ4n) is 3.78. The maximum atomic E-state index is 4.63. The number of imidazole rings is 1. The van der Waals surface area contributed by atoms with Gasteiger partial charge in [0, 0.05) is 32.4 Å². The van der Waals surface area contributed by atoms with Gasteiger partial charge in [-0.2, -0.15) is 5.10 Å². The van der Waals surface area contributed by atoms with E-state index in [0.717, 1.165) is 48.1 Å². The summed E-state index contributed by atoms with van der Waals surface area (Å²) in [6, 6.07) is 18.6. The monoisotopic (exact) mass is 543 g/mol. The number of hydrogen-bond acceptors (Lipinski definition) is 3. The minimum Gasteiger partial charge on any atom is -0.356 e. The van der Waals surface area contributed by atoms with E-state index in [1.165, 1.54) is 11.1 Å². The molecule has 32 heavy (non-hydrogen) atoms. The number of aryl methyl sites for hydroxylation is 3. The smallest absolute Gasteiger partial charge is 0.191 e. The second-order valence-corrected chi connectivity index (χ2v) is 7.60. The minimum atomic E-state index is 0. The molecule has 0 spiro atoms. The molecule has 0 aliphatic carbocycles. The van der Waals surface area contributed by atoms with Crippen molar-refractivity contribution in [1.82, 2.24) is 30.0 Å². The van der Waals surface area contributed by atoms with Crippen LogP contribution in [0.25, 0.3) is 16.7 Å². The Kier molecular flexibility index (Phi) is 8.26. The summed E-state index contributed by atoms with van der Waals surface area (Å²) in [7, 11) is 1.80. The van der Waals surface area contributed by atoms with E-state index in [2.05, 4.69) is 73.6 Å². The van der Waals surface area contributed by atoms with Crippen LogP contribution in [-0.4, -0.2) is 38.9 Å². The van der Waals surface area contributed by atoms with Crippen molar-refractivity contribution in [2.45, 2.75) is 33.4 Å². The summed E-state index contributed by atoms with van der Waals surface area (Å²) in [6.45, 7) is 6.49. The molecule has 4 rings (SSSR count). The molecule has 168 valence electrons. The molecule has 0 radical (unpaired) electrons. The third-order valence-corrected chi connectivity index (χ3v) is 5.29. The van der Waals surface area contributed by atoms with E-state index < -0.39 is 0 Å². The normalized spacial score (nSPS) is 11.4. The molecule has 7 nitrogen and oxygen atoms in total. The third-order valence-electron chi connectivity index (χ3n) is 5.29. The quantitative estimate of drug-likeness (QED) is 0.159. The number of nitrogens with one attached hydrogen (secondary N) is 2. The Hall–Kier alpha value is -2.88. The van der Waals surface area contributed by atoms with Crippen molar-refractivity contribution in [1.29, 1.82) is 0 Å². The number of benzene rings is 2. The Morgan fingerprint density at radius 1 is 1.03 bits per heavy atom. The number of hydrogen-bond donors (Lipinski definition) is 2. The fraction of sp³-hybridized carbons (Fsp3) is 0.292. The minimum absolute atomic E-state index is 0. The molecule has 0 saturated heterocycles. The highest BCUT2D eigenvalue weighted by Gasteiger charge is 2.09. The van der Waals surface area contributed by atoms with Crippen molar-refractivity contribution >= 4 is 41.0 Å². The van der Waals surface area contributed by atoms with Crippen LogP contribution in [0, 0.1) is 13.8 Å². The van der Waals surface area contributed by atoms with E-state index >= 15 is 0 Å². The van der Waals surface area contributed by atoms with Crippen LogP contribution in [0.5, 0.6) is 0 Å². The second kappa shape index (κ2) is 11.1. The van der Waals surface area contributed by atoms with Crippen molar-refractivity contribution in [2.24, 2.45) is 4.99 Å². The van der Waals surface area contributed by atoms with Crippen molar-refractivity contribution in [3.05, 3.63) is 77.9 Å². The lowest BCUT2D eigenvalue weighted by Gasteiger charge is -2.15. The fourth-order valence-corrected chi connectivity index (χ4v) is 3.78. The zero-order valence-corrected chi connectivity index (χ0v) is 21.1. The first-order valence-corrected chi connectivity index (χ1v) is 10.6. The predicted octanol–water partition coefficient (Wildman–Crippen LogP) is 4.21. The largest absolute Gasteiger partial charge is 0.356 e. The van der Waals surface area contributed by atoms with E-state index in [4.69, 9.17) is 0 Å². The summed E-state index contributed by atoms with van der Waals surface area (Å²) in [4.78, 5) is 8.82. The van der Waals surface area contributed by atoms with Gasteiger partial charge in [-0.1, -0.05) is 30.3 Å². The van der Waals surface area contributed by atoms with Crippen molar-refractivity contribution in [2.75, 3.05) is 13.6 Å². The molecular weight excluding hydrogens is 513 g/mol. The number of halogens is 1. The molecule has 0 saturated carbocycles. The van der Waals surface area contributed by atoms with Gasteiger partial charge in [0.1, 0.15) is 0 Å². The van der Waals surface area contributed by atoms with Crippen LogP contribution in [-0.2, 0) is 13.1 Å². The van der Waals surface area contributed by atoms with Crippen LogP contribution >= 0.6 is 24.0 Å². The van der Waals surface area contributed by atoms with Gasteiger partial charge in [0.2, 0.25) is 0 Å². The average molecular weight is 543 g/mol. The van der Waals surface area contributed by atoms with Gasteiger partial charge < -0.3 is 15.2 Å². The van der Waals surface area contributed by atoms with E-state index in [1.54, 1.807) is 7.05 Å². The van der Waals surface area contributed by atoms with Crippen molar-refractivity contribution in [3.63, 3.8) is 0 Å². The Bertz CT molecular complexity index is 1190. The van der Waals surface area contributed by atoms with E-state index in [-0.39, 0.29) is 24.0 Å². The summed E-state index contributed by atoms with van der Waals surface area (Å²) in [6.07, 6.45) is 2.89. The molecule has 0 fully saturated rings. The highest BCUT2D eigenvalue weighted by atomic mass is 127. The van der Waals surface area contributed by atoms with Gasteiger partial charge in [-0.3, -0.25) is 4.99 Å². The Morgan fingerprint density at radius 2 is 1.81 bits per heavy atom. The zero-order valence-electron chi connectivity index (χ0n) is 18.7. The summed E-state index contributed by atoms with van der Waals surface area (Å²) < 4.78 is 4.19. The van der Waals surface area contributed by atoms with Gasteiger partial charge in [0.15, 0.2) is 5.96 Å². The SMILES string of the molecule is CN=C(NCCCn1cnc2ccccc21)NCc1ccccc1-n1nc(C)cc1C.I. The van der Waals surface area contributed by atoms with E-state index in [1.807, 2.05) is 36.1 Å². The van der Waals surface area contributed by atoms with Gasteiger partial charge in [-0.25, -0.2) is 9.67 Å². The number of rotatable bonds is 7. The van der Waals surface area contributed by atoms with Crippen LogP contribution in [0.2, 0.25) is 0 Å². The van der Waals surface area contributed by atoms with E-state index in [0.29, 0.717) is 6.54 Å². The van der Waals surface area contributed by atoms with Crippen LogP contribution in [0.3, 0.4) is 0 Å². The molecular formula is C24H30IN7. The summed E-state index contributed by atoms with van der Waals surface area (Å²) in [5, 5.41) is 11.5. The van der Waals surface area contributed by atoms with E-state index in [9.17, 15) is 0 Å². The Morgan fingerprint density at radius 3 is 2.59 bits per heavy atom. The topological polar surface area (TPSA) is 72.1 Å². The molecule has 0 bridgehead atoms. The van der Waals surface area contributed by atoms with Gasteiger partial charge in [-0.05, 0) is 50.1 Å². The maximum absolute atomic E-state index is 4.63. The zero-order chi connectivity index (χ0) is 21.6. The molecule has 2 heterocycles. The molecule has 0 atom stereocenters. The first kappa shape index (κ1) is 23.8. The highest BCUT2D eigenvalue weighted by Crippen LogP contribution is 2.17. The van der Waals surface area contributed by atoms with Crippen LogP contribution in [0.4, 0.5) is 0 Å². The third kappa shape index (κ3) is 5.48. The number of aromatic nitrogens is 4. The molecule has 8 heteroatoms. The highest BCUT2D eigenvalue weighted by molar-refractivity contribution is 14.0. The van der Waals surface area contributed by atoms with Crippen LogP contribution in [0.15, 0.2) is 65.9 Å². The number of para-hydroxylation sites is 3. The van der Waals surface area contributed by atoms with Crippen molar-refractivity contribution < 1.29 is 0 Å². The number of guanidine groups is 1. The van der Waals surface area contributed by atoms with Crippen LogP contribution in [0.1, 0.15) is 23.4 Å².